The molecule has 0 spiro atoms. The number of hydrogen-bond donors (Lipinski definition) is 1. The fourth-order valence-electron chi connectivity index (χ4n) is 3.44. The molecule has 2 atom stereocenters. The Bertz CT molecular complexity index is 1140. The number of alkyl halides is 2. The fourth-order valence-corrected chi connectivity index (χ4v) is 4.14. The van der Waals surface area contributed by atoms with Crippen molar-refractivity contribution >= 4 is 16.8 Å². The topological polar surface area (TPSA) is 63.7 Å². The molecule has 0 aliphatic carbocycles. The van der Waals surface area contributed by atoms with Crippen LogP contribution in [0.2, 0.25) is 0 Å². The smallest absolute Gasteiger partial charge is 0.258 e. The van der Waals surface area contributed by atoms with Gasteiger partial charge in [-0.15, -0.1) is 0 Å². The predicted molar refractivity (Wildman–Crippen MR) is 140 cm³/mol. The predicted octanol–water partition coefficient (Wildman–Crippen LogP) is 5.66. The van der Waals surface area contributed by atoms with Crippen LogP contribution in [0.15, 0.2) is 66.9 Å². The molecular weight excluding hydrogens is 484 g/mol. The van der Waals surface area contributed by atoms with E-state index in [1.54, 1.807) is 35.0 Å². The number of anilines is 1. The van der Waals surface area contributed by atoms with Crippen molar-refractivity contribution in [2.24, 2.45) is 0 Å². The highest BCUT2D eigenvalue weighted by atomic mass is 32.2. The maximum Gasteiger partial charge on any atom is 0.258 e. The van der Waals surface area contributed by atoms with Crippen molar-refractivity contribution in [2.75, 3.05) is 19.1 Å². The van der Waals surface area contributed by atoms with Crippen LogP contribution < -0.4 is 19.1 Å². The van der Waals surface area contributed by atoms with Crippen LogP contribution in [-0.4, -0.2) is 34.6 Å². The van der Waals surface area contributed by atoms with E-state index in [2.05, 4.69) is 9.71 Å². The zero-order valence-electron chi connectivity index (χ0n) is 22.1. The highest BCUT2D eigenvalue weighted by molar-refractivity contribution is 7.84. The van der Waals surface area contributed by atoms with Crippen LogP contribution in [0, 0.1) is 0 Å². The average Bonchev–Trinajstić information content (AvgIpc) is 2.88. The van der Waals surface area contributed by atoms with E-state index in [4.69, 9.17) is 10.8 Å². The summed E-state index contributed by atoms with van der Waals surface area (Å²) in [6.07, 6.45) is -1.67. The molecule has 2 aromatic carbocycles. The maximum atomic E-state index is 14.5. The van der Waals surface area contributed by atoms with Crippen LogP contribution in [0.4, 0.5) is 14.6 Å². The molecule has 194 valence electrons. The first-order valence-electron chi connectivity index (χ1n) is 11.9. The summed E-state index contributed by atoms with van der Waals surface area (Å²) in [5.41, 5.74) is 1.72. The molecule has 0 saturated carbocycles. The number of aromatic nitrogens is 1. The molecule has 1 aromatic heterocycles. The number of rotatable bonds is 11. The molecule has 0 aliphatic heterocycles. The zero-order chi connectivity index (χ0) is 27.2. The van der Waals surface area contributed by atoms with Crippen LogP contribution >= 0.6 is 0 Å². The van der Waals surface area contributed by atoms with Gasteiger partial charge in [0, 0.05) is 24.8 Å². The third-order valence-electron chi connectivity index (χ3n) is 5.42. The van der Waals surface area contributed by atoms with Gasteiger partial charge in [0.15, 0.2) is 0 Å². The number of nitrogens with zero attached hydrogens (tertiary/aromatic N) is 2. The molecule has 0 bridgehead atoms. The Morgan fingerprint density at radius 2 is 1.47 bits per heavy atom. The highest BCUT2D eigenvalue weighted by Crippen LogP contribution is 2.32. The molecular formula is C27H33F2N3O3S. The number of benzene rings is 2. The van der Waals surface area contributed by atoms with Gasteiger partial charge in [0.1, 0.15) is 23.3 Å². The fraction of sp³-hybridized carbons (Fsp3) is 0.370. The Balaban J connectivity index is 2.08. The van der Waals surface area contributed by atoms with E-state index in [1.165, 1.54) is 18.3 Å². The lowest BCUT2D eigenvalue weighted by Gasteiger charge is -2.30. The zero-order valence-corrected chi connectivity index (χ0v) is 21.9. The molecule has 36 heavy (non-hydrogen) atoms. The molecule has 9 heteroatoms. The van der Waals surface area contributed by atoms with Gasteiger partial charge in [-0.3, -0.25) is 0 Å². The van der Waals surface area contributed by atoms with E-state index < -0.39 is 28.2 Å². The van der Waals surface area contributed by atoms with E-state index in [1.807, 2.05) is 53.4 Å². The molecule has 0 saturated heterocycles. The summed E-state index contributed by atoms with van der Waals surface area (Å²) in [7, 11) is 1.24. The molecule has 0 radical (unpaired) electrons. The maximum absolute atomic E-state index is 14.5. The number of nitrogens with one attached hydrogen (secondary N) is 1. The van der Waals surface area contributed by atoms with E-state index in [9.17, 15) is 13.0 Å². The van der Waals surface area contributed by atoms with E-state index in [0.29, 0.717) is 24.6 Å². The van der Waals surface area contributed by atoms with E-state index in [-0.39, 0.29) is 11.4 Å². The molecule has 0 unspecified atom stereocenters. The van der Waals surface area contributed by atoms with Gasteiger partial charge in [0.25, 0.3) is 6.43 Å². The summed E-state index contributed by atoms with van der Waals surface area (Å²) in [6.45, 7) is 5.62. The van der Waals surface area contributed by atoms with Gasteiger partial charge >= 0.3 is 0 Å². The molecule has 1 N–H and O–H groups in total. The SMILES string of the molecule is [2H][C@](N[S@](=O)C(C)(C)C)(c1cccnc1N(Cc1ccc(OC)cc1)Cc1ccc(OC)cc1)C(F)F. The monoisotopic (exact) mass is 518 g/mol. The van der Waals surface area contributed by atoms with Crippen molar-refractivity contribution in [1.82, 2.24) is 9.71 Å². The summed E-state index contributed by atoms with van der Waals surface area (Å²) in [5, 5.41) is 0. The number of hydrogen-bond acceptors (Lipinski definition) is 5. The summed E-state index contributed by atoms with van der Waals surface area (Å²) in [5.74, 6) is 1.59. The molecule has 0 fully saturated rings. The van der Waals surface area contributed by atoms with Crippen molar-refractivity contribution in [1.29, 1.82) is 0 Å². The van der Waals surface area contributed by atoms with Crippen LogP contribution in [-0.2, 0) is 24.1 Å². The van der Waals surface area contributed by atoms with Gasteiger partial charge in [-0.1, -0.05) is 30.3 Å². The normalized spacial score (nSPS) is 14.6. The second-order valence-electron chi connectivity index (χ2n) is 9.12. The number of halogens is 2. The van der Waals surface area contributed by atoms with Crippen LogP contribution in [0.5, 0.6) is 11.5 Å². The molecule has 1 heterocycles. The van der Waals surface area contributed by atoms with Crippen molar-refractivity contribution in [3.63, 3.8) is 0 Å². The van der Waals surface area contributed by atoms with Crippen molar-refractivity contribution in [2.45, 2.75) is 51.1 Å². The minimum atomic E-state index is -3.18. The van der Waals surface area contributed by atoms with Crippen molar-refractivity contribution < 1.29 is 23.8 Å². The van der Waals surface area contributed by atoms with Gasteiger partial charge in [0.2, 0.25) is 0 Å². The number of pyridine rings is 1. The lowest BCUT2D eigenvalue weighted by atomic mass is 10.1. The molecule has 3 aromatic rings. The van der Waals surface area contributed by atoms with Crippen molar-refractivity contribution in [3.8, 4) is 11.5 Å². The van der Waals surface area contributed by atoms with E-state index >= 15 is 0 Å². The number of ether oxygens (including phenoxy) is 2. The molecule has 6 nitrogen and oxygen atoms in total. The molecule has 0 amide bonds. The Morgan fingerprint density at radius 1 is 0.972 bits per heavy atom. The lowest BCUT2D eigenvalue weighted by molar-refractivity contribution is 0.109. The summed E-state index contributed by atoms with van der Waals surface area (Å²) in [4.78, 5) is 6.27. The largest absolute Gasteiger partial charge is 0.497 e. The van der Waals surface area contributed by atoms with E-state index in [0.717, 1.165) is 11.1 Å². The minimum absolute atomic E-state index is 0.0652. The summed E-state index contributed by atoms with van der Waals surface area (Å²) >= 11 is 0. The third kappa shape index (κ3) is 7.24. The van der Waals surface area contributed by atoms with Gasteiger partial charge in [-0.2, -0.15) is 0 Å². The summed E-state index contributed by atoms with van der Waals surface area (Å²) in [6, 6.07) is 15.1. The lowest BCUT2D eigenvalue weighted by Crippen LogP contribution is -2.39. The Labute approximate surface area is 215 Å². The molecule has 0 aliphatic rings. The quantitative estimate of drug-likeness (QED) is 0.355. The Kier molecular flexibility index (Phi) is 8.88. The number of methoxy groups -OCH3 is 2. The van der Waals surface area contributed by atoms with Crippen LogP contribution in [0.25, 0.3) is 0 Å². The van der Waals surface area contributed by atoms with Gasteiger partial charge in [-0.25, -0.2) is 22.7 Å². The second-order valence-corrected chi connectivity index (χ2v) is 11.1. The van der Waals surface area contributed by atoms with Crippen LogP contribution in [0.1, 0.15) is 44.9 Å². The first-order chi connectivity index (χ1) is 17.5. The second kappa shape index (κ2) is 12.3. The molecule has 3 rings (SSSR count). The highest BCUT2D eigenvalue weighted by Gasteiger charge is 2.32. The van der Waals surface area contributed by atoms with Crippen LogP contribution in [0.3, 0.4) is 0 Å². The van der Waals surface area contributed by atoms with Crippen molar-refractivity contribution in [3.05, 3.63) is 83.6 Å². The first-order valence-corrected chi connectivity index (χ1v) is 12.6. The Morgan fingerprint density at radius 3 is 1.89 bits per heavy atom. The third-order valence-corrected chi connectivity index (χ3v) is 6.94. The van der Waals surface area contributed by atoms with Gasteiger partial charge < -0.3 is 14.4 Å². The summed E-state index contributed by atoms with van der Waals surface area (Å²) < 4.78 is 62.7. The Hall–Kier alpha value is -3.04. The van der Waals surface area contributed by atoms with Gasteiger partial charge in [0.05, 0.1) is 31.3 Å². The minimum Gasteiger partial charge on any atom is -0.497 e. The average molecular weight is 519 g/mol. The first kappa shape index (κ1) is 26.0. The standard InChI is InChI=1S/C27H33F2N3O3S/c1-27(2,3)36(33)31-24(25(28)29)23-7-6-16-30-26(23)32(17-19-8-12-21(34-4)13-9-19)18-20-10-14-22(35-5)15-11-20/h6-16,24-25,31H,17-18H2,1-5H3/t24-,36+/m0/s1/i24D. The van der Waals surface area contributed by atoms with Gasteiger partial charge in [-0.05, 0) is 62.2 Å².